The highest BCUT2D eigenvalue weighted by Gasteiger charge is 2.18. The van der Waals surface area contributed by atoms with E-state index in [0.717, 1.165) is 0 Å². The van der Waals surface area contributed by atoms with E-state index in [-0.39, 0.29) is 30.4 Å². The first kappa shape index (κ1) is 14.1. The Morgan fingerprint density at radius 2 is 2.28 bits per heavy atom. The van der Waals surface area contributed by atoms with Crippen molar-refractivity contribution in [2.45, 2.75) is 13.1 Å². The Morgan fingerprint density at radius 3 is 2.83 bits per heavy atom. The zero-order valence-electron chi connectivity index (χ0n) is 9.92. The number of amides is 1. The lowest BCUT2D eigenvalue weighted by Gasteiger charge is -2.06. The molecule has 0 bridgehead atoms. The van der Waals surface area contributed by atoms with Gasteiger partial charge in [0.1, 0.15) is 6.54 Å². The van der Waals surface area contributed by atoms with E-state index in [1.807, 2.05) is 0 Å². The van der Waals surface area contributed by atoms with Crippen LogP contribution in [0.15, 0.2) is 0 Å². The summed E-state index contributed by atoms with van der Waals surface area (Å²) >= 11 is 0. The van der Waals surface area contributed by atoms with Crippen LogP contribution in [0.4, 0.5) is 0 Å². The predicted molar refractivity (Wildman–Crippen MR) is 59.8 cm³/mol. The molecule has 0 saturated heterocycles. The lowest BCUT2D eigenvalue weighted by atomic mass is 10.3. The fraction of sp³-hybridized carbons (Fsp3) is 0.556. The number of hydrogen-bond donors (Lipinski definition) is 3. The van der Waals surface area contributed by atoms with E-state index in [1.54, 1.807) is 0 Å². The SMILES string of the molecule is COCCNC(=O)Cn1nnc(C(=O)O)c1CN. The monoisotopic (exact) mass is 257 g/mol. The van der Waals surface area contributed by atoms with E-state index in [0.29, 0.717) is 13.2 Å². The van der Waals surface area contributed by atoms with Crippen molar-refractivity contribution in [3.05, 3.63) is 11.4 Å². The second-order valence-electron chi connectivity index (χ2n) is 3.39. The van der Waals surface area contributed by atoms with Crippen molar-refractivity contribution in [1.82, 2.24) is 20.3 Å². The van der Waals surface area contributed by atoms with Gasteiger partial charge in [-0.25, -0.2) is 9.48 Å². The number of hydrogen-bond acceptors (Lipinski definition) is 6. The summed E-state index contributed by atoms with van der Waals surface area (Å²) < 4.78 is 5.95. The van der Waals surface area contributed by atoms with Gasteiger partial charge in [-0.2, -0.15) is 0 Å². The minimum absolute atomic E-state index is 0.0556. The van der Waals surface area contributed by atoms with Crippen LogP contribution in [0.3, 0.4) is 0 Å². The number of nitrogens with two attached hydrogens (primary N) is 1. The molecule has 4 N–H and O–H groups in total. The molecule has 0 fully saturated rings. The van der Waals surface area contributed by atoms with Crippen molar-refractivity contribution in [3.8, 4) is 0 Å². The van der Waals surface area contributed by atoms with Crippen molar-refractivity contribution in [3.63, 3.8) is 0 Å². The summed E-state index contributed by atoms with van der Waals surface area (Å²) in [5, 5.41) is 18.5. The number of carbonyl (C=O) groups excluding carboxylic acids is 1. The van der Waals surface area contributed by atoms with Gasteiger partial charge < -0.3 is 20.9 Å². The summed E-state index contributed by atoms with van der Waals surface area (Å²) in [6, 6.07) is 0. The molecule has 1 aromatic rings. The summed E-state index contributed by atoms with van der Waals surface area (Å²) in [4.78, 5) is 22.3. The molecule has 1 heterocycles. The molecule has 0 atom stereocenters. The predicted octanol–water partition coefficient (Wildman–Crippen LogP) is -1.80. The van der Waals surface area contributed by atoms with Crippen LogP contribution < -0.4 is 11.1 Å². The van der Waals surface area contributed by atoms with E-state index in [1.165, 1.54) is 11.8 Å². The molecule has 0 aromatic carbocycles. The Kier molecular flexibility index (Phi) is 5.21. The van der Waals surface area contributed by atoms with E-state index in [9.17, 15) is 9.59 Å². The number of aromatic nitrogens is 3. The van der Waals surface area contributed by atoms with Crippen LogP contribution in [0.2, 0.25) is 0 Å². The second-order valence-corrected chi connectivity index (χ2v) is 3.39. The third kappa shape index (κ3) is 3.50. The Hall–Kier alpha value is -2.00. The normalized spacial score (nSPS) is 10.3. The molecule has 18 heavy (non-hydrogen) atoms. The Balaban J connectivity index is 2.67. The highest BCUT2D eigenvalue weighted by atomic mass is 16.5. The van der Waals surface area contributed by atoms with Gasteiger partial charge in [-0.3, -0.25) is 4.79 Å². The van der Waals surface area contributed by atoms with Gasteiger partial charge in [0.05, 0.1) is 12.3 Å². The number of carbonyl (C=O) groups is 2. The van der Waals surface area contributed by atoms with Crippen LogP contribution in [0, 0.1) is 0 Å². The summed E-state index contributed by atoms with van der Waals surface area (Å²) in [5.74, 6) is -1.54. The first-order valence-corrected chi connectivity index (χ1v) is 5.21. The highest BCUT2D eigenvalue weighted by molar-refractivity contribution is 5.86. The van der Waals surface area contributed by atoms with Crippen molar-refractivity contribution in [2.24, 2.45) is 5.73 Å². The van der Waals surface area contributed by atoms with Crippen molar-refractivity contribution >= 4 is 11.9 Å². The number of nitrogens with zero attached hydrogens (tertiary/aromatic N) is 3. The summed E-state index contributed by atoms with van der Waals surface area (Å²) in [5.41, 5.74) is 5.39. The van der Waals surface area contributed by atoms with E-state index in [2.05, 4.69) is 15.6 Å². The molecule has 9 nitrogen and oxygen atoms in total. The number of carboxylic acid groups (broad SMARTS) is 1. The first-order valence-electron chi connectivity index (χ1n) is 5.21. The Morgan fingerprint density at radius 1 is 1.56 bits per heavy atom. The lowest BCUT2D eigenvalue weighted by Crippen LogP contribution is -2.31. The topological polar surface area (TPSA) is 132 Å². The van der Waals surface area contributed by atoms with E-state index >= 15 is 0 Å². The third-order valence-corrected chi connectivity index (χ3v) is 2.16. The lowest BCUT2D eigenvalue weighted by molar-refractivity contribution is -0.122. The van der Waals surface area contributed by atoms with Gasteiger partial charge in [0, 0.05) is 20.2 Å². The van der Waals surface area contributed by atoms with Gasteiger partial charge in [0.15, 0.2) is 5.69 Å². The van der Waals surface area contributed by atoms with Gasteiger partial charge in [-0.05, 0) is 0 Å². The van der Waals surface area contributed by atoms with Crippen molar-refractivity contribution < 1.29 is 19.4 Å². The van der Waals surface area contributed by atoms with Crippen LogP contribution in [0.25, 0.3) is 0 Å². The quantitative estimate of drug-likeness (QED) is 0.491. The summed E-state index contributed by atoms with van der Waals surface area (Å²) in [7, 11) is 1.52. The molecular weight excluding hydrogens is 242 g/mol. The van der Waals surface area contributed by atoms with E-state index < -0.39 is 5.97 Å². The smallest absolute Gasteiger partial charge is 0.358 e. The molecule has 0 radical (unpaired) electrons. The number of nitrogens with one attached hydrogen (secondary N) is 1. The van der Waals surface area contributed by atoms with Gasteiger partial charge in [0.2, 0.25) is 5.91 Å². The molecule has 1 aromatic heterocycles. The fourth-order valence-corrected chi connectivity index (χ4v) is 1.31. The highest BCUT2D eigenvalue weighted by Crippen LogP contribution is 2.04. The molecule has 0 aliphatic rings. The Bertz CT molecular complexity index is 431. The average molecular weight is 257 g/mol. The van der Waals surface area contributed by atoms with Gasteiger partial charge in [0.25, 0.3) is 0 Å². The molecule has 0 spiro atoms. The number of aromatic carboxylic acids is 1. The van der Waals surface area contributed by atoms with Crippen LogP contribution in [-0.4, -0.2) is 52.2 Å². The fourth-order valence-electron chi connectivity index (χ4n) is 1.31. The molecule has 9 heteroatoms. The van der Waals surface area contributed by atoms with E-state index in [4.69, 9.17) is 15.6 Å². The van der Waals surface area contributed by atoms with Crippen LogP contribution >= 0.6 is 0 Å². The average Bonchev–Trinajstić information content (AvgIpc) is 2.72. The van der Waals surface area contributed by atoms with Crippen LogP contribution in [0.1, 0.15) is 16.2 Å². The first-order chi connectivity index (χ1) is 8.60. The molecule has 0 aliphatic heterocycles. The summed E-state index contributed by atoms with van der Waals surface area (Å²) in [6.45, 7) is 0.581. The zero-order valence-corrected chi connectivity index (χ0v) is 9.92. The maximum Gasteiger partial charge on any atom is 0.358 e. The molecule has 1 amide bonds. The van der Waals surface area contributed by atoms with Crippen LogP contribution in [0.5, 0.6) is 0 Å². The molecule has 0 saturated carbocycles. The largest absolute Gasteiger partial charge is 0.476 e. The standard InChI is InChI=1S/C9H15N5O4/c1-18-3-2-11-7(15)5-14-6(4-10)8(9(16)17)12-13-14/h2-5,10H2,1H3,(H,11,15)(H,16,17). The third-order valence-electron chi connectivity index (χ3n) is 2.16. The number of methoxy groups -OCH3 is 1. The molecule has 1 rings (SSSR count). The minimum atomic E-state index is -1.22. The van der Waals surface area contributed by atoms with Gasteiger partial charge >= 0.3 is 5.97 Å². The maximum atomic E-state index is 11.5. The molecular formula is C9H15N5O4. The molecule has 0 aliphatic carbocycles. The zero-order chi connectivity index (χ0) is 13.5. The summed E-state index contributed by atoms with van der Waals surface area (Å²) in [6.07, 6.45) is 0. The molecule has 0 unspecified atom stereocenters. The number of rotatable bonds is 7. The van der Waals surface area contributed by atoms with Crippen LogP contribution in [-0.2, 0) is 22.6 Å². The minimum Gasteiger partial charge on any atom is -0.476 e. The van der Waals surface area contributed by atoms with Crippen molar-refractivity contribution in [2.75, 3.05) is 20.3 Å². The second kappa shape index (κ2) is 6.67. The van der Waals surface area contributed by atoms with Gasteiger partial charge in [-0.15, -0.1) is 5.10 Å². The molecule has 100 valence electrons. The maximum absolute atomic E-state index is 11.5. The number of ether oxygens (including phenoxy) is 1. The van der Waals surface area contributed by atoms with Gasteiger partial charge in [-0.1, -0.05) is 5.21 Å². The number of carboxylic acids is 1. The van der Waals surface area contributed by atoms with Crippen molar-refractivity contribution in [1.29, 1.82) is 0 Å². The Labute approximate surface area is 103 Å².